The minimum absolute atomic E-state index is 0.139. The molecule has 4 N–H and O–H groups in total. The van der Waals surface area contributed by atoms with Gasteiger partial charge in [0.05, 0.1) is 32.1 Å². The highest BCUT2D eigenvalue weighted by molar-refractivity contribution is 7.12. The van der Waals surface area contributed by atoms with Gasteiger partial charge in [-0.05, 0) is 17.0 Å². The van der Waals surface area contributed by atoms with E-state index in [9.17, 15) is 14.4 Å². The molecule has 0 fully saturated rings. The van der Waals surface area contributed by atoms with Gasteiger partial charge in [0.2, 0.25) is 11.8 Å². The molecule has 3 amide bonds. The van der Waals surface area contributed by atoms with Crippen molar-refractivity contribution in [2.24, 2.45) is 0 Å². The minimum atomic E-state index is -0.412. The van der Waals surface area contributed by atoms with Crippen molar-refractivity contribution >= 4 is 29.1 Å². The van der Waals surface area contributed by atoms with Crippen LogP contribution in [0.15, 0.2) is 47.8 Å². The van der Waals surface area contributed by atoms with E-state index in [4.69, 9.17) is 0 Å². The van der Waals surface area contributed by atoms with Gasteiger partial charge in [0.25, 0.3) is 5.91 Å². The fourth-order valence-electron chi connectivity index (χ4n) is 2.49. The smallest absolute Gasteiger partial charge is 0.261 e. The highest BCUT2D eigenvalue weighted by Crippen LogP contribution is 2.10. The lowest BCUT2D eigenvalue weighted by Crippen LogP contribution is -3.06. The molecule has 2 aromatic rings. The Labute approximate surface area is 162 Å². The molecule has 1 aromatic carbocycles. The monoisotopic (exact) mass is 389 g/mol. The molecule has 0 aliphatic heterocycles. The first kappa shape index (κ1) is 20.6. The summed E-state index contributed by atoms with van der Waals surface area (Å²) in [6.45, 7) is 0.411. The van der Waals surface area contributed by atoms with Crippen LogP contribution in [0.4, 0.5) is 0 Å². The van der Waals surface area contributed by atoms with Crippen LogP contribution in [-0.2, 0) is 9.59 Å². The Kier molecular flexibility index (Phi) is 7.97. The quantitative estimate of drug-likeness (QED) is 0.470. The van der Waals surface area contributed by atoms with Crippen molar-refractivity contribution in [2.75, 3.05) is 33.7 Å². The zero-order valence-electron chi connectivity index (χ0n) is 15.5. The highest BCUT2D eigenvalue weighted by atomic mass is 32.1. The van der Waals surface area contributed by atoms with Crippen LogP contribution < -0.4 is 20.9 Å². The van der Waals surface area contributed by atoms with E-state index < -0.39 is 5.91 Å². The molecule has 27 heavy (non-hydrogen) atoms. The third-order valence-corrected chi connectivity index (χ3v) is 4.62. The van der Waals surface area contributed by atoms with Crippen molar-refractivity contribution < 1.29 is 19.3 Å². The molecule has 1 atom stereocenters. The summed E-state index contributed by atoms with van der Waals surface area (Å²) in [5.74, 6) is -0.990. The van der Waals surface area contributed by atoms with Crippen LogP contribution in [-0.4, -0.2) is 51.5 Å². The molecular formula is C19H25N4O3S+. The first-order chi connectivity index (χ1) is 13.0. The topological polar surface area (TPSA) is 91.7 Å². The summed E-state index contributed by atoms with van der Waals surface area (Å²) < 4.78 is 0. The SMILES string of the molecule is C[NH+](C)C[C@@H](NC(=O)CNC(=O)CNC(=O)c1cccs1)c1ccccc1. The number of thiophene rings is 1. The van der Waals surface area contributed by atoms with E-state index in [2.05, 4.69) is 16.0 Å². The van der Waals surface area contributed by atoms with Gasteiger partial charge < -0.3 is 20.9 Å². The third kappa shape index (κ3) is 7.20. The normalized spacial score (nSPS) is 11.7. The number of hydrogen-bond acceptors (Lipinski definition) is 4. The summed E-state index contributed by atoms with van der Waals surface area (Å²) in [6.07, 6.45) is 0. The van der Waals surface area contributed by atoms with Crippen LogP contribution in [0.5, 0.6) is 0 Å². The lowest BCUT2D eigenvalue weighted by atomic mass is 10.1. The Hall–Kier alpha value is -2.71. The minimum Gasteiger partial charge on any atom is -0.346 e. The van der Waals surface area contributed by atoms with Crippen LogP contribution in [0.3, 0.4) is 0 Å². The molecule has 2 rings (SSSR count). The highest BCUT2D eigenvalue weighted by Gasteiger charge is 2.18. The van der Waals surface area contributed by atoms with Crippen molar-refractivity contribution in [2.45, 2.75) is 6.04 Å². The summed E-state index contributed by atoms with van der Waals surface area (Å²) >= 11 is 1.30. The Bertz CT molecular complexity index is 748. The lowest BCUT2D eigenvalue weighted by Gasteiger charge is -2.21. The molecule has 0 unspecified atom stereocenters. The maximum absolute atomic E-state index is 12.2. The maximum Gasteiger partial charge on any atom is 0.261 e. The van der Waals surface area contributed by atoms with Crippen LogP contribution in [0.25, 0.3) is 0 Å². The van der Waals surface area contributed by atoms with Crippen LogP contribution in [0.2, 0.25) is 0 Å². The van der Waals surface area contributed by atoms with E-state index in [0.29, 0.717) is 4.88 Å². The van der Waals surface area contributed by atoms with Crippen LogP contribution >= 0.6 is 11.3 Å². The second-order valence-corrected chi connectivity index (χ2v) is 7.33. The largest absolute Gasteiger partial charge is 0.346 e. The van der Waals surface area contributed by atoms with Gasteiger partial charge >= 0.3 is 0 Å². The molecule has 8 heteroatoms. The molecule has 0 bridgehead atoms. The molecule has 0 aliphatic carbocycles. The number of nitrogens with one attached hydrogen (secondary N) is 4. The van der Waals surface area contributed by atoms with Gasteiger partial charge in [0, 0.05) is 0 Å². The standard InChI is InChI=1S/C19H24N4O3S/c1-23(2)13-15(14-7-4-3-5-8-14)22-18(25)12-20-17(24)11-21-19(26)16-9-6-10-27-16/h3-10,15H,11-13H2,1-2H3,(H,20,24)(H,21,26)(H,22,25)/p+1/t15-/m1/s1. The number of rotatable bonds is 9. The molecule has 1 heterocycles. The Morgan fingerprint density at radius 3 is 2.30 bits per heavy atom. The first-order valence-corrected chi connectivity index (χ1v) is 9.55. The summed E-state index contributed by atoms with van der Waals surface area (Å²) in [5.41, 5.74) is 1.02. The molecule has 0 spiro atoms. The average Bonchev–Trinajstić information content (AvgIpc) is 3.19. The van der Waals surface area contributed by atoms with Crippen molar-refractivity contribution in [3.05, 3.63) is 58.3 Å². The van der Waals surface area contributed by atoms with Gasteiger partial charge in [-0.2, -0.15) is 0 Å². The van der Waals surface area contributed by atoms with Gasteiger partial charge in [-0.1, -0.05) is 36.4 Å². The number of amides is 3. The molecule has 0 saturated heterocycles. The number of hydrogen-bond donors (Lipinski definition) is 4. The van der Waals surface area contributed by atoms with Gasteiger partial charge in [-0.15, -0.1) is 11.3 Å². The molecule has 0 aliphatic rings. The van der Waals surface area contributed by atoms with E-state index in [1.54, 1.807) is 17.5 Å². The summed E-state index contributed by atoms with van der Waals surface area (Å²) in [4.78, 5) is 37.6. The second-order valence-electron chi connectivity index (χ2n) is 6.38. The predicted molar refractivity (Wildman–Crippen MR) is 105 cm³/mol. The fraction of sp³-hybridized carbons (Fsp3) is 0.316. The van der Waals surface area contributed by atoms with Gasteiger partial charge in [-0.3, -0.25) is 14.4 Å². The third-order valence-electron chi connectivity index (χ3n) is 3.75. The Balaban J connectivity index is 1.77. The van der Waals surface area contributed by atoms with E-state index in [1.165, 1.54) is 16.2 Å². The van der Waals surface area contributed by atoms with Crippen molar-refractivity contribution in [1.82, 2.24) is 16.0 Å². The lowest BCUT2D eigenvalue weighted by molar-refractivity contribution is -0.860. The zero-order chi connectivity index (χ0) is 19.6. The van der Waals surface area contributed by atoms with Gasteiger partial charge in [0.15, 0.2) is 0 Å². The first-order valence-electron chi connectivity index (χ1n) is 8.67. The number of quaternary nitrogens is 1. The number of benzene rings is 1. The van der Waals surface area contributed by atoms with Crippen LogP contribution in [0, 0.1) is 0 Å². The number of carbonyl (C=O) groups excluding carboxylic acids is 3. The fourth-order valence-corrected chi connectivity index (χ4v) is 3.13. The predicted octanol–water partition coefficient (Wildman–Crippen LogP) is -0.404. The second kappa shape index (κ2) is 10.4. The maximum atomic E-state index is 12.2. The molecule has 144 valence electrons. The summed E-state index contributed by atoms with van der Waals surface area (Å²) in [6, 6.07) is 13.0. The van der Waals surface area contributed by atoms with Crippen molar-refractivity contribution in [3.8, 4) is 0 Å². The van der Waals surface area contributed by atoms with E-state index in [0.717, 1.165) is 12.1 Å². The number of likely N-dealkylation sites (N-methyl/N-ethyl adjacent to an activating group) is 1. The Morgan fingerprint density at radius 2 is 1.67 bits per heavy atom. The van der Waals surface area contributed by atoms with Gasteiger partial charge in [-0.25, -0.2) is 0 Å². The summed E-state index contributed by atoms with van der Waals surface area (Å²) in [7, 11) is 4.03. The molecule has 0 radical (unpaired) electrons. The van der Waals surface area contributed by atoms with E-state index >= 15 is 0 Å². The molecule has 0 saturated carbocycles. The Morgan fingerprint density at radius 1 is 0.963 bits per heavy atom. The van der Waals surface area contributed by atoms with Crippen molar-refractivity contribution in [3.63, 3.8) is 0 Å². The molecular weight excluding hydrogens is 364 g/mol. The van der Waals surface area contributed by atoms with Crippen LogP contribution in [0.1, 0.15) is 21.3 Å². The number of carbonyl (C=O) groups is 3. The molecule has 1 aromatic heterocycles. The average molecular weight is 390 g/mol. The van der Waals surface area contributed by atoms with Crippen molar-refractivity contribution in [1.29, 1.82) is 0 Å². The van der Waals surface area contributed by atoms with E-state index in [1.807, 2.05) is 44.4 Å². The molecule has 7 nitrogen and oxygen atoms in total. The van der Waals surface area contributed by atoms with Gasteiger partial charge in [0.1, 0.15) is 12.6 Å². The zero-order valence-corrected chi connectivity index (χ0v) is 16.3. The summed E-state index contributed by atoms with van der Waals surface area (Å²) in [5, 5.41) is 9.79. The van der Waals surface area contributed by atoms with E-state index in [-0.39, 0.29) is 30.9 Å².